The number of rotatable bonds is 6. The van der Waals surface area contributed by atoms with Crippen molar-refractivity contribution in [1.82, 2.24) is 0 Å². The molecule has 0 aliphatic heterocycles. The number of hydrogen-bond donors (Lipinski definition) is 3. The smallest absolute Gasteiger partial charge is 0.236 e. The van der Waals surface area contributed by atoms with Crippen molar-refractivity contribution in [3.05, 3.63) is 29.8 Å². The minimum Gasteiger partial charge on any atom is -0.383 e. The lowest BCUT2D eigenvalue weighted by atomic mass is 10.1. The highest BCUT2D eigenvalue weighted by Gasteiger charge is 2.09. The molecule has 0 fully saturated rings. The molecule has 16 heavy (non-hydrogen) atoms. The molecule has 1 aromatic rings. The number of primary amides is 1. The molecule has 1 aromatic carbocycles. The molecule has 0 saturated heterocycles. The lowest BCUT2D eigenvalue weighted by Gasteiger charge is -2.13. The second-order valence-electron chi connectivity index (χ2n) is 3.80. The summed E-state index contributed by atoms with van der Waals surface area (Å²) < 4.78 is 0. The van der Waals surface area contributed by atoms with E-state index in [1.54, 1.807) is 0 Å². The van der Waals surface area contributed by atoms with Crippen LogP contribution < -0.4 is 16.8 Å². The van der Waals surface area contributed by atoms with Crippen molar-refractivity contribution >= 4 is 11.6 Å². The van der Waals surface area contributed by atoms with E-state index >= 15 is 0 Å². The van der Waals surface area contributed by atoms with Crippen molar-refractivity contribution in [3.8, 4) is 0 Å². The number of hydrogen-bond acceptors (Lipinski definition) is 3. The predicted octanol–water partition coefficient (Wildman–Crippen LogP) is 0.864. The van der Waals surface area contributed by atoms with Crippen LogP contribution in [0, 0.1) is 0 Å². The Morgan fingerprint density at radius 1 is 1.44 bits per heavy atom. The molecule has 0 spiro atoms. The van der Waals surface area contributed by atoms with Crippen molar-refractivity contribution in [2.24, 2.45) is 11.5 Å². The first-order valence-corrected chi connectivity index (χ1v) is 5.51. The van der Waals surface area contributed by atoms with E-state index in [2.05, 4.69) is 18.3 Å². The second kappa shape index (κ2) is 6.12. The van der Waals surface area contributed by atoms with Crippen molar-refractivity contribution in [1.29, 1.82) is 0 Å². The maximum Gasteiger partial charge on any atom is 0.236 e. The average molecular weight is 221 g/mol. The van der Waals surface area contributed by atoms with Crippen LogP contribution >= 0.6 is 0 Å². The van der Waals surface area contributed by atoms with Crippen LogP contribution in [-0.4, -0.2) is 18.5 Å². The summed E-state index contributed by atoms with van der Waals surface area (Å²) in [6, 6.07) is 7.37. The van der Waals surface area contributed by atoms with Crippen LogP contribution in [0.25, 0.3) is 0 Å². The van der Waals surface area contributed by atoms with Gasteiger partial charge in [-0.25, -0.2) is 0 Å². The third-order valence-electron chi connectivity index (χ3n) is 2.41. The highest BCUT2D eigenvalue weighted by Crippen LogP contribution is 2.16. The Morgan fingerprint density at radius 3 is 2.75 bits per heavy atom. The van der Waals surface area contributed by atoms with Crippen molar-refractivity contribution in [3.63, 3.8) is 0 Å². The summed E-state index contributed by atoms with van der Waals surface area (Å²) in [5.41, 5.74) is 12.9. The van der Waals surface area contributed by atoms with Gasteiger partial charge in [0.1, 0.15) is 6.04 Å². The van der Waals surface area contributed by atoms with Gasteiger partial charge in [0.05, 0.1) is 0 Å². The van der Waals surface area contributed by atoms with Gasteiger partial charge in [-0.15, -0.1) is 0 Å². The molecule has 1 amide bonds. The number of anilines is 1. The zero-order chi connectivity index (χ0) is 12.0. The molecule has 1 unspecified atom stereocenters. The molecule has 0 radical (unpaired) electrons. The molecule has 0 saturated carbocycles. The van der Waals surface area contributed by atoms with Crippen LogP contribution in [-0.2, 0) is 11.2 Å². The van der Waals surface area contributed by atoms with E-state index in [-0.39, 0.29) is 0 Å². The first-order chi connectivity index (χ1) is 7.65. The molecule has 88 valence electrons. The third kappa shape index (κ3) is 3.55. The van der Waals surface area contributed by atoms with Gasteiger partial charge in [0.2, 0.25) is 5.91 Å². The monoisotopic (exact) mass is 221 g/mol. The minimum atomic E-state index is -0.644. The number of benzene rings is 1. The molecule has 0 aliphatic rings. The Kier molecular flexibility index (Phi) is 4.79. The topological polar surface area (TPSA) is 81.1 Å². The number of carbonyl (C=O) groups is 1. The van der Waals surface area contributed by atoms with Gasteiger partial charge in [-0.05, 0) is 18.1 Å². The zero-order valence-electron chi connectivity index (χ0n) is 9.57. The Balaban J connectivity index is 2.62. The van der Waals surface area contributed by atoms with Crippen molar-refractivity contribution < 1.29 is 4.79 Å². The molecule has 1 rings (SSSR count). The van der Waals surface area contributed by atoms with E-state index in [1.807, 2.05) is 18.2 Å². The van der Waals surface area contributed by atoms with Crippen LogP contribution in [0.3, 0.4) is 0 Å². The van der Waals surface area contributed by atoms with Gasteiger partial charge in [-0.2, -0.15) is 0 Å². The first-order valence-electron chi connectivity index (χ1n) is 5.51. The van der Waals surface area contributed by atoms with Crippen LogP contribution in [0.1, 0.15) is 18.9 Å². The molecule has 0 heterocycles. The average Bonchev–Trinajstić information content (AvgIpc) is 2.27. The molecular weight excluding hydrogens is 202 g/mol. The summed E-state index contributed by atoms with van der Waals surface area (Å²) in [5, 5.41) is 3.15. The summed E-state index contributed by atoms with van der Waals surface area (Å²) in [4.78, 5) is 10.8. The summed E-state index contributed by atoms with van der Waals surface area (Å²) in [5.74, 6) is -0.486. The van der Waals surface area contributed by atoms with E-state index in [1.165, 1.54) is 5.56 Å². The van der Waals surface area contributed by atoms with Crippen LogP contribution in [0.15, 0.2) is 24.3 Å². The summed E-state index contributed by atoms with van der Waals surface area (Å²) >= 11 is 0. The molecule has 0 aliphatic carbocycles. The SMILES string of the molecule is CCCc1ccccc1NCC(N)C(N)=O. The van der Waals surface area contributed by atoms with Gasteiger partial charge >= 0.3 is 0 Å². The summed E-state index contributed by atoms with van der Waals surface area (Å²) in [6.07, 6.45) is 2.09. The number of nitrogens with two attached hydrogens (primary N) is 2. The maximum atomic E-state index is 10.8. The Bertz CT molecular complexity index is 352. The molecule has 0 bridgehead atoms. The molecule has 4 nitrogen and oxygen atoms in total. The molecule has 4 heteroatoms. The van der Waals surface area contributed by atoms with Crippen molar-refractivity contribution in [2.45, 2.75) is 25.8 Å². The fourth-order valence-electron chi connectivity index (χ4n) is 1.50. The molecule has 1 atom stereocenters. The van der Waals surface area contributed by atoms with E-state index in [4.69, 9.17) is 11.5 Å². The van der Waals surface area contributed by atoms with Gasteiger partial charge in [-0.3, -0.25) is 4.79 Å². The van der Waals surface area contributed by atoms with E-state index < -0.39 is 11.9 Å². The van der Waals surface area contributed by atoms with Gasteiger partial charge in [-0.1, -0.05) is 31.5 Å². The lowest BCUT2D eigenvalue weighted by Crippen LogP contribution is -2.41. The van der Waals surface area contributed by atoms with Gasteiger partial charge < -0.3 is 16.8 Å². The fraction of sp³-hybridized carbons (Fsp3) is 0.417. The minimum absolute atomic E-state index is 0.371. The van der Waals surface area contributed by atoms with Gasteiger partial charge in [0.15, 0.2) is 0 Å². The highest BCUT2D eigenvalue weighted by molar-refractivity contribution is 5.80. The molecule has 5 N–H and O–H groups in total. The van der Waals surface area contributed by atoms with Gasteiger partial charge in [0.25, 0.3) is 0 Å². The summed E-state index contributed by atoms with van der Waals surface area (Å²) in [6.45, 7) is 2.50. The van der Waals surface area contributed by atoms with E-state index in [9.17, 15) is 4.79 Å². The number of amides is 1. The third-order valence-corrected chi connectivity index (χ3v) is 2.41. The normalized spacial score (nSPS) is 12.1. The Labute approximate surface area is 96.0 Å². The largest absolute Gasteiger partial charge is 0.383 e. The quantitative estimate of drug-likeness (QED) is 0.666. The van der Waals surface area contributed by atoms with Crippen LogP contribution in [0.4, 0.5) is 5.69 Å². The van der Waals surface area contributed by atoms with Crippen LogP contribution in [0.5, 0.6) is 0 Å². The van der Waals surface area contributed by atoms with Crippen LogP contribution in [0.2, 0.25) is 0 Å². The summed E-state index contributed by atoms with van der Waals surface area (Å²) in [7, 11) is 0. The number of para-hydroxylation sites is 1. The molecular formula is C12H19N3O. The predicted molar refractivity (Wildman–Crippen MR) is 66.1 cm³/mol. The number of nitrogens with one attached hydrogen (secondary N) is 1. The van der Waals surface area contributed by atoms with Crippen molar-refractivity contribution in [2.75, 3.05) is 11.9 Å². The van der Waals surface area contributed by atoms with E-state index in [0.29, 0.717) is 6.54 Å². The zero-order valence-corrected chi connectivity index (χ0v) is 9.57. The van der Waals surface area contributed by atoms with E-state index in [0.717, 1.165) is 18.5 Å². The number of aryl methyl sites for hydroxylation is 1. The fourth-order valence-corrected chi connectivity index (χ4v) is 1.50. The lowest BCUT2D eigenvalue weighted by molar-refractivity contribution is -0.118. The Hall–Kier alpha value is -1.55. The first kappa shape index (κ1) is 12.5. The maximum absolute atomic E-state index is 10.8. The van der Waals surface area contributed by atoms with Gasteiger partial charge in [0, 0.05) is 12.2 Å². The standard InChI is InChI=1S/C12H19N3O/c1-2-5-9-6-3-4-7-11(9)15-8-10(13)12(14)16/h3-4,6-7,10,15H,2,5,8,13H2,1H3,(H2,14,16). The number of carbonyl (C=O) groups excluding carboxylic acids is 1. The highest BCUT2D eigenvalue weighted by atomic mass is 16.1. The molecule has 0 aromatic heterocycles. The Morgan fingerprint density at radius 2 is 2.12 bits per heavy atom. The second-order valence-corrected chi connectivity index (χ2v) is 3.80.